The van der Waals surface area contributed by atoms with E-state index in [9.17, 15) is 0 Å². The molecule has 0 radical (unpaired) electrons. The third-order valence-corrected chi connectivity index (χ3v) is 2.68. The predicted octanol–water partition coefficient (Wildman–Crippen LogP) is 1.96. The highest BCUT2D eigenvalue weighted by Gasteiger charge is 2.22. The summed E-state index contributed by atoms with van der Waals surface area (Å²) in [6, 6.07) is 5.64. The van der Waals surface area contributed by atoms with Gasteiger partial charge in [0.15, 0.2) is 11.5 Å². The average molecular weight is 223 g/mol. The maximum Gasteiger partial charge on any atom is 0.161 e. The molecule has 1 saturated carbocycles. The van der Waals surface area contributed by atoms with Crippen LogP contribution in [0.1, 0.15) is 18.4 Å². The average Bonchev–Trinajstić information content (AvgIpc) is 3.11. The van der Waals surface area contributed by atoms with E-state index in [0.717, 1.165) is 23.7 Å². The molecule has 0 atom stereocenters. The number of rotatable bonds is 6. The van der Waals surface area contributed by atoms with Crippen LogP contribution in [0, 0.1) is 5.92 Å². The Bertz CT molecular complexity index is 350. The van der Waals surface area contributed by atoms with Crippen LogP contribution in [-0.4, -0.2) is 18.9 Å². The molecule has 0 amide bonds. The molecule has 4 nitrogen and oxygen atoms in total. The van der Waals surface area contributed by atoms with E-state index < -0.39 is 0 Å². The minimum atomic E-state index is 0.407. The quantitative estimate of drug-likeness (QED) is 0.724. The van der Waals surface area contributed by atoms with Crippen molar-refractivity contribution in [2.45, 2.75) is 19.4 Å². The first kappa shape index (κ1) is 11.2. The van der Waals surface area contributed by atoms with Crippen LogP contribution in [0.5, 0.6) is 11.5 Å². The lowest BCUT2D eigenvalue weighted by molar-refractivity contribution is 0.161. The molecule has 0 saturated heterocycles. The van der Waals surface area contributed by atoms with E-state index in [1.807, 2.05) is 18.2 Å². The second-order valence-corrected chi connectivity index (χ2v) is 4.07. The van der Waals surface area contributed by atoms with Crippen LogP contribution in [0.25, 0.3) is 0 Å². The van der Waals surface area contributed by atoms with Gasteiger partial charge in [-0.05, 0) is 36.5 Å². The van der Waals surface area contributed by atoms with Crippen LogP contribution >= 0.6 is 0 Å². The zero-order valence-electron chi connectivity index (χ0n) is 9.40. The van der Waals surface area contributed by atoms with Crippen molar-refractivity contribution in [1.82, 2.24) is 5.48 Å². The Kier molecular flexibility index (Phi) is 3.64. The summed E-state index contributed by atoms with van der Waals surface area (Å²) in [5.41, 5.74) is 3.10. The highest BCUT2D eigenvalue weighted by Crippen LogP contribution is 2.33. The summed E-state index contributed by atoms with van der Waals surface area (Å²) < 4.78 is 10.9. The second-order valence-electron chi connectivity index (χ2n) is 4.07. The zero-order chi connectivity index (χ0) is 11.4. The molecule has 0 unspecified atom stereocenters. The molecule has 0 heterocycles. The number of benzene rings is 1. The van der Waals surface area contributed by atoms with Crippen LogP contribution < -0.4 is 15.0 Å². The van der Waals surface area contributed by atoms with Gasteiger partial charge < -0.3 is 14.7 Å². The fourth-order valence-corrected chi connectivity index (χ4v) is 1.53. The lowest BCUT2D eigenvalue weighted by atomic mass is 10.2. The highest BCUT2D eigenvalue weighted by atomic mass is 16.5. The second kappa shape index (κ2) is 5.18. The molecule has 2 N–H and O–H groups in total. The van der Waals surface area contributed by atoms with Gasteiger partial charge in [0.05, 0.1) is 13.7 Å². The molecular formula is C12H17NO3. The van der Waals surface area contributed by atoms with Gasteiger partial charge in [-0.25, -0.2) is 5.48 Å². The van der Waals surface area contributed by atoms with Crippen molar-refractivity contribution < 1.29 is 14.7 Å². The Morgan fingerprint density at radius 1 is 1.38 bits per heavy atom. The lowest BCUT2D eigenvalue weighted by Crippen LogP contribution is -2.07. The molecule has 0 spiro atoms. The van der Waals surface area contributed by atoms with E-state index in [1.54, 1.807) is 7.11 Å². The normalized spacial score (nSPS) is 14.9. The molecular weight excluding hydrogens is 206 g/mol. The number of methoxy groups -OCH3 is 1. The van der Waals surface area contributed by atoms with Gasteiger partial charge in [0, 0.05) is 6.54 Å². The summed E-state index contributed by atoms with van der Waals surface area (Å²) in [5.74, 6) is 2.20. The van der Waals surface area contributed by atoms with Crippen molar-refractivity contribution >= 4 is 0 Å². The van der Waals surface area contributed by atoms with Crippen LogP contribution in [0.3, 0.4) is 0 Å². The standard InChI is InChI=1S/C12H17NO3/c1-15-11-5-4-10(7-13-14)6-12(11)16-8-9-2-3-9/h4-6,9,13-14H,2-3,7-8H2,1H3. The Labute approximate surface area is 95.1 Å². The van der Waals surface area contributed by atoms with Gasteiger partial charge in [0.25, 0.3) is 0 Å². The maximum atomic E-state index is 8.64. The fraction of sp³-hybridized carbons (Fsp3) is 0.500. The zero-order valence-corrected chi connectivity index (χ0v) is 9.40. The van der Waals surface area contributed by atoms with Crippen LogP contribution in [0.15, 0.2) is 18.2 Å². The number of hydrogen-bond acceptors (Lipinski definition) is 4. The number of nitrogens with one attached hydrogen (secondary N) is 1. The smallest absolute Gasteiger partial charge is 0.161 e. The van der Waals surface area contributed by atoms with Gasteiger partial charge >= 0.3 is 0 Å². The van der Waals surface area contributed by atoms with Crippen molar-refractivity contribution in [2.75, 3.05) is 13.7 Å². The lowest BCUT2D eigenvalue weighted by Gasteiger charge is -2.11. The third-order valence-electron chi connectivity index (χ3n) is 2.68. The fourth-order valence-electron chi connectivity index (χ4n) is 1.53. The molecule has 1 aliphatic carbocycles. The first-order chi connectivity index (χ1) is 7.83. The molecule has 0 bridgehead atoms. The summed E-state index contributed by atoms with van der Waals surface area (Å²) in [5, 5.41) is 8.64. The monoisotopic (exact) mass is 223 g/mol. The van der Waals surface area contributed by atoms with Crippen LogP contribution in [-0.2, 0) is 6.54 Å². The van der Waals surface area contributed by atoms with Crippen molar-refractivity contribution in [3.05, 3.63) is 23.8 Å². The maximum absolute atomic E-state index is 8.64. The predicted molar refractivity (Wildman–Crippen MR) is 59.8 cm³/mol. The first-order valence-electron chi connectivity index (χ1n) is 5.50. The molecule has 88 valence electrons. The molecule has 16 heavy (non-hydrogen) atoms. The molecule has 2 rings (SSSR count). The minimum absolute atomic E-state index is 0.407. The first-order valence-corrected chi connectivity index (χ1v) is 5.50. The summed E-state index contributed by atoms with van der Waals surface area (Å²) in [4.78, 5) is 0. The van der Waals surface area contributed by atoms with E-state index in [0.29, 0.717) is 12.5 Å². The number of ether oxygens (including phenoxy) is 2. The largest absolute Gasteiger partial charge is 0.493 e. The van der Waals surface area contributed by atoms with Crippen LogP contribution in [0.2, 0.25) is 0 Å². The van der Waals surface area contributed by atoms with E-state index in [1.165, 1.54) is 12.8 Å². The minimum Gasteiger partial charge on any atom is -0.493 e. The van der Waals surface area contributed by atoms with E-state index >= 15 is 0 Å². The summed E-state index contributed by atoms with van der Waals surface area (Å²) in [6.07, 6.45) is 2.53. The van der Waals surface area contributed by atoms with Crippen molar-refractivity contribution in [3.8, 4) is 11.5 Å². The van der Waals surface area contributed by atoms with E-state index in [4.69, 9.17) is 14.7 Å². The van der Waals surface area contributed by atoms with E-state index in [2.05, 4.69) is 5.48 Å². The molecule has 4 heteroatoms. The molecule has 1 aromatic carbocycles. The van der Waals surface area contributed by atoms with Crippen molar-refractivity contribution in [2.24, 2.45) is 5.92 Å². The van der Waals surface area contributed by atoms with Gasteiger partial charge in [0.1, 0.15) is 0 Å². The Balaban J connectivity index is 2.06. The van der Waals surface area contributed by atoms with Gasteiger partial charge in [-0.1, -0.05) is 6.07 Å². The van der Waals surface area contributed by atoms with Crippen molar-refractivity contribution in [1.29, 1.82) is 0 Å². The van der Waals surface area contributed by atoms with Gasteiger partial charge in [-0.3, -0.25) is 0 Å². The Hall–Kier alpha value is -1.26. The highest BCUT2D eigenvalue weighted by molar-refractivity contribution is 5.42. The number of hydrogen-bond donors (Lipinski definition) is 2. The van der Waals surface area contributed by atoms with Gasteiger partial charge in [-0.15, -0.1) is 0 Å². The number of hydroxylamine groups is 1. The SMILES string of the molecule is COc1ccc(CNO)cc1OCC1CC1. The van der Waals surface area contributed by atoms with Gasteiger partial charge in [-0.2, -0.15) is 0 Å². The van der Waals surface area contributed by atoms with Crippen LogP contribution in [0.4, 0.5) is 0 Å². The molecule has 1 fully saturated rings. The van der Waals surface area contributed by atoms with Crippen molar-refractivity contribution in [3.63, 3.8) is 0 Å². The summed E-state index contributed by atoms with van der Waals surface area (Å²) in [7, 11) is 1.63. The van der Waals surface area contributed by atoms with Gasteiger partial charge in [0.2, 0.25) is 0 Å². The van der Waals surface area contributed by atoms with E-state index in [-0.39, 0.29) is 0 Å². The molecule has 0 aliphatic heterocycles. The summed E-state index contributed by atoms with van der Waals surface area (Å²) in [6.45, 7) is 1.16. The molecule has 1 aliphatic rings. The Morgan fingerprint density at radius 2 is 2.19 bits per heavy atom. The topological polar surface area (TPSA) is 50.7 Å². The Morgan fingerprint density at radius 3 is 2.81 bits per heavy atom. The molecule has 1 aromatic rings. The summed E-state index contributed by atoms with van der Waals surface area (Å²) >= 11 is 0. The molecule has 0 aromatic heterocycles. The third kappa shape index (κ3) is 2.87.